The van der Waals surface area contributed by atoms with Crippen LogP contribution in [0.25, 0.3) is 21.7 Å². The predicted molar refractivity (Wildman–Crippen MR) is 88.3 cm³/mol. The first-order chi connectivity index (χ1) is 10.7. The predicted octanol–water partition coefficient (Wildman–Crippen LogP) is 5.13. The van der Waals surface area contributed by atoms with E-state index in [0.717, 1.165) is 27.3 Å². The van der Waals surface area contributed by atoms with Crippen molar-refractivity contribution in [3.63, 3.8) is 0 Å². The molecule has 0 aliphatic heterocycles. The van der Waals surface area contributed by atoms with E-state index < -0.39 is 0 Å². The summed E-state index contributed by atoms with van der Waals surface area (Å²) in [6.07, 6.45) is 0. The number of carbonyl (C=O) groups is 1. The Bertz CT molecular complexity index is 991. The van der Waals surface area contributed by atoms with Gasteiger partial charge in [-0.2, -0.15) is 0 Å². The molecule has 2 nitrogen and oxygen atoms in total. The van der Waals surface area contributed by atoms with Crippen LogP contribution in [0, 0.1) is 6.92 Å². The van der Waals surface area contributed by atoms with Crippen LogP contribution >= 0.6 is 0 Å². The zero-order valence-electron chi connectivity index (χ0n) is 12.2. The number of benzene rings is 3. The number of rotatable bonds is 2. The number of ketones is 1. The van der Waals surface area contributed by atoms with E-state index >= 15 is 0 Å². The fraction of sp³-hybridized carbons (Fsp3) is 0.0500. The summed E-state index contributed by atoms with van der Waals surface area (Å²) in [4.78, 5) is 12.6. The van der Waals surface area contributed by atoms with Crippen molar-refractivity contribution in [2.24, 2.45) is 0 Å². The summed E-state index contributed by atoms with van der Waals surface area (Å²) in [6, 6.07) is 21.4. The van der Waals surface area contributed by atoms with Gasteiger partial charge in [0.15, 0.2) is 5.76 Å². The summed E-state index contributed by atoms with van der Waals surface area (Å²) in [5.74, 6) is 0.301. The van der Waals surface area contributed by atoms with Crippen LogP contribution in [0.15, 0.2) is 71.1 Å². The molecule has 4 rings (SSSR count). The molecule has 0 radical (unpaired) electrons. The minimum absolute atomic E-state index is 0.0831. The lowest BCUT2D eigenvalue weighted by Gasteiger charge is -1.97. The summed E-state index contributed by atoms with van der Waals surface area (Å²) in [5.41, 5.74) is 2.52. The van der Waals surface area contributed by atoms with Crippen molar-refractivity contribution >= 4 is 27.5 Å². The Hall–Kier alpha value is -2.87. The molecule has 0 spiro atoms. The second kappa shape index (κ2) is 4.85. The van der Waals surface area contributed by atoms with E-state index in [1.54, 1.807) is 0 Å². The van der Waals surface area contributed by atoms with Crippen molar-refractivity contribution in [2.45, 2.75) is 6.92 Å². The van der Waals surface area contributed by atoms with Gasteiger partial charge in [-0.05, 0) is 29.8 Å². The SMILES string of the molecule is Cc1ccc(C(=O)c2cc3c(ccc4ccccc43)o2)cc1. The van der Waals surface area contributed by atoms with E-state index in [2.05, 4.69) is 6.07 Å². The Kier molecular flexibility index (Phi) is 2.83. The van der Waals surface area contributed by atoms with Gasteiger partial charge in [0.25, 0.3) is 0 Å². The van der Waals surface area contributed by atoms with Crippen LogP contribution in [0.1, 0.15) is 21.7 Å². The first-order valence-corrected chi connectivity index (χ1v) is 7.25. The monoisotopic (exact) mass is 286 g/mol. The number of aryl methyl sites for hydroxylation is 1. The van der Waals surface area contributed by atoms with Crippen LogP contribution in [0.5, 0.6) is 0 Å². The second-order valence-electron chi connectivity index (χ2n) is 5.50. The maximum absolute atomic E-state index is 12.6. The molecule has 0 saturated carbocycles. The third-order valence-electron chi connectivity index (χ3n) is 3.96. The Morgan fingerprint density at radius 2 is 1.64 bits per heavy atom. The van der Waals surface area contributed by atoms with Gasteiger partial charge >= 0.3 is 0 Å². The van der Waals surface area contributed by atoms with Crippen molar-refractivity contribution in [2.75, 3.05) is 0 Å². The number of fused-ring (bicyclic) bond motifs is 3. The highest BCUT2D eigenvalue weighted by atomic mass is 16.3. The average molecular weight is 286 g/mol. The van der Waals surface area contributed by atoms with E-state index in [0.29, 0.717) is 11.3 Å². The van der Waals surface area contributed by atoms with Gasteiger partial charge in [0.1, 0.15) is 5.58 Å². The molecule has 0 N–H and O–H groups in total. The van der Waals surface area contributed by atoms with Gasteiger partial charge < -0.3 is 4.42 Å². The number of hydrogen-bond acceptors (Lipinski definition) is 2. The highest BCUT2D eigenvalue weighted by Gasteiger charge is 2.15. The molecule has 22 heavy (non-hydrogen) atoms. The van der Waals surface area contributed by atoms with Gasteiger partial charge in [-0.15, -0.1) is 0 Å². The molecule has 0 aliphatic rings. The number of hydrogen-bond donors (Lipinski definition) is 0. The summed E-state index contributed by atoms with van der Waals surface area (Å²) < 4.78 is 5.77. The third kappa shape index (κ3) is 2.01. The smallest absolute Gasteiger partial charge is 0.228 e. The second-order valence-corrected chi connectivity index (χ2v) is 5.50. The van der Waals surface area contributed by atoms with Crippen LogP contribution in [0.4, 0.5) is 0 Å². The minimum atomic E-state index is -0.0831. The molecule has 0 amide bonds. The third-order valence-corrected chi connectivity index (χ3v) is 3.96. The van der Waals surface area contributed by atoms with E-state index in [1.807, 2.05) is 67.6 Å². The average Bonchev–Trinajstić information content (AvgIpc) is 2.99. The first kappa shape index (κ1) is 12.8. The fourth-order valence-electron chi connectivity index (χ4n) is 2.75. The van der Waals surface area contributed by atoms with Gasteiger partial charge in [-0.1, -0.05) is 60.2 Å². The number of carbonyl (C=O) groups excluding carboxylic acids is 1. The molecule has 0 fully saturated rings. The van der Waals surface area contributed by atoms with Crippen molar-refractivity contribution in [3.05, 3.63) is 83.6 Å². The molecule has 2 heteroatoms. The van der Waals surface area contributed by atoms with Crippen LogP contribution in [0.2, 0.25) is 0 Å². The molecule has 0 saturated heterocycles. The summed E-state index contributed by atoms with van der Waals surface area (Å²) in [6.45, 7) is 2.00. The minimum Gasteiger partial charge on any atom is -0.453 e. The standard InChI is InChI=1S/C20H14O2/c1-13-6-8-15(9-7-13)20(21)19-12-17-16-5-3-2-4-14(16)10-11-18(17)22-19/h2-12H,1H3. The van der Waals surface area contributed by atoms with E-state index in [1.165, 1.54) is 0 Å². The summed E-state index contributed by atoms with van der Waals surface area (Å²) in [5, 5.41) is 3.23. The Morgan fingerprint density at radius 3 is 2.45 bits per heavy atom. The zero-order chi connectivity index (χ0) is 15.1. The van der Waals surface area contributed by atoms with Gasteiger partial charge in [0.2, 0.25) is 5.78 Å². The lowest BCUT2D eigenvalue weighted by molar-refractivity contribution is 0.101. The van der Waals surface area contributed by atoms with Crippen LogP contribution in [0.3, 0.4) is 0 Å². The molecule has 1 aromatic heterocycles. The molecule has 3 aromatic carbocycles. The van der Waals surface area contributed by atoms with Gasteiger partial charge in [-0.3, -0.25) is 4.79 Å². The quantitative estimate of drug-likeness (QED) is 0.478. The van der Waals surface area contributed by atoms with Gasteiger partial charge in [0.05, 0.1) is 0 Å². The van der Waals surface area contributed by atoms with Crippen molar-refractivity contribution in [3.8, 4) is 0 Å². The summed E-state index contributed by atoms with van der Waals surface area (Å²) in [7, 11) is 0. The molecule has 0 unspecified atom stereocenters. The molecule has 0 bridgehead atoms. The lowest BCUT2D eigenvalue weighted by atomic mass is 10.0. The Balaban J connectivity index is 1.87. The highest BCUT2D eigenvalue weighted by Crippen LogP contribution is 2.29. The fourth-order valence-corrected chi connectivity index (χ4v) is 2.75. The van der Waals surface area contributed by atoms with Crippen LogP contribution in [-0.2, 0) is 0 Å². The summed E-state index contributed by atoms with van der Waals surface area (Å²) >= 11 is 0. The maximum Gasteiger partial charge on any atom is 0.228 e. The van der Waals surface area contributed by atoms with E-state index in [4.69, 9.17) is 4.42 Å². The van der Waals surface area contributed by atoms with Gasteiger partial charge in [0, 0.05) is 10.9 Å². The molecular formula is C20H14O2. The first-order valence-electron chi connectivity index (χ1n) is 7.25. The van der Waals surface area contributed by atoms with E-state index in [9.17, 15) is 4.79 Å². The lowest BCUT2D eigenvalue weighted by Crippen LogP contribution is -1.98. The topological polar surface area (TPSA) is 30.2 Å². The molecule has 4 aromatic rings. The Labute approximate surface area is 128 Å². The largest absolute Gasteiger partial charge is 0.453 e. The molecule has 0 atom stereocenters. The van der Waals surface area contributed by atoms with Crippen molar-refractivity contribution in [1.29, 1.82) is 0 Å². The molecule has 106 valence electrons. The molecular weight excluding hydrogens is 272 g/mol. The van der Waals surface area contributed by atoms with E-state index in [-0.39, 0.29) is 5.78 Å². The highest BCUT2D eigenvalue weighted by molar-refractivity contribution is 6.12. The molecule has 0 aliphatic carbocycles. The van der Waals surface area contributed by atoms with Crippen molar-refractivity contribution in [1.82, 2.24) is 0 Å². The Morgan fingerprint density at radius 1 is 0.864 bits per heavy atom. The molecule has 1 heterocycles. The zero-order valence-corrected chi connectivity index (χ0v) is 12.2. The normalized spacial score (nSPS) is 11.1. The van der Waals surface area contributed by atoms with Crippen molar-refractivity contribution < 1.29 is 9.21 Å². The maximum atomic E-state index is 12.6. The number of furan rings is 1. The van der Waals surface area contributed by atoms with Crippen LogP contribution < -0.4 is 0 Å². The van der Waals surface area contributed by atoms with Gasteiger partial charge in [-0.25, -0.2) is 0 Å². The van der Waals surface area contributed by atoms with Crippen LogP contribution in [-0.4, -0.2) is 5.78 Å².